The van der Waals surface area contributed by atoms with Crippen LogP contribution in [0.3, 0.4) is 0 Å². The molecule has 0 saturated carbocycles. The maximum atomic E-state index is 11.0. The van der Waals surface area contributed by atoms with Crippen LogP contribution in [0.5, 0.6) is 11.5 Å². The third-order valence-corrected chi connectivity index (χ3v) is 3.61. The lowest BCUT2D eigenvalue weighted by Gasteiger charge is -2.28. The van der Waals surface area contributed by atoms with Crippen LogP contribution in [0.25, 0.3) is 0 Å². The number of ether oxygens (including phenoxy) is 2. The van der Waals surface area contributed by atoms with E-state index in [1.165, 1.54) is 12.0 Å². The summed E-state index contributed by atoms with van der Waals surface area (Å²) in [4.78, 5) is 11.0. The van der Waals surface area contributed by atoms with Crippen molar-refractivity contribution in [2.45, 2.75) is 18.8 Å². The quantitative estimate of drug-likeness (QED) is 0.809. The minimum absolute atomic E-state index is 0.454. The molecule has 1 N–H and O–H groups in total. The Hall–Kier alpha value is -1.55. The van der Waals surface area contributed by atoms with E-state index in [4.69, 9.17) is 9.47 Å². The Morgan fingerprint density at radius 2 is 2.06 bits per heavy atom. The fourth-order valence-corrected chi connectivity index (χ4v) is 2.71. The highest BCUT2D eigenvalue weighted by atomic mass is 16.6. The van der Waals surface area contributed by atoms with Crippen molar-refractivity contribution in [2.75, 3.05) is 26.3 Å². The Balaban J connectivity index is 2.01. The zero-order valence-corrected chi connectivity index (χ0v) is 10.3. The highest BCUT2D eigenvalue weighted by Gasteiger charge is 2.25. The van der Waals surface area contributed by atoms with Gasteiger partial charge in [-0.25, -0.2) is 0 Å². The number of rotatable bonds is 2. The van der Waals surface area contributed by atoms with Gasteiger partial charge in [0.25, 0.3) is 0 Å². The Kier molecular flexibility index (Phi) is 3.19. The van der Waals surface area contributed by atoms with Gasteiger partial charge in [-0.15, -0.1) is 0 Å². The fraction of sp³-hybridized carbons (Fsp3) is 0.500. The molecule has 0 amide bonds. The molecule has 2 heterocycles. The van der Waals surface area contributed by atoms with Crippen molar-refractivity contribution in [3.8, 4) is 11.5 Å². The second kappa shape index (κ2) is 4.98. The van der Waals surface area contributed by atoms with Gasteiger partial charge in [-0.1, -0.05) is 6.07 Å². The molecule has 1 aromatic carbocycles. The van der Waals surface area contributed by atoms with Crippen molar-refractivity contribution in [1.29, 1.82) is 0 Å². The Labute approximate surface area is 106 Å². The van der Waals surface area contributed by atoms with Gasteiger partial charge in [0.05, 0.1) is 5.56 Å². The molecule has 1 fully saturated rings. The Morgan fingerprint density at radius 1 is 1.22 bits per heavy atom. The van der Waals surface area contributed by atoms with Crippen molar-refractivity contribution >= 4 is 6.29 Å². The number of aldehydes is 1. The lowest BCUT2D eigenvalue weighted by Crippen LogP contribution is -2.29. The van der Waals surface area contributed by atoms with Crippen LogP contribution < -0.4 is 14.8 Å². The molecule has 1 unspecified atom stereocenters. The van der Waals surface area contributed by atoms with Crippen molar-refractivity contribution in [2.24, 2.45) is 0 Å². The number of piperidine rings is 1. The topological polar surface area (TPSA) is 47.6 Å². The number of carbonyl (C=O) groups is 1. The molecule has 1 saturated heterocycles. The van der Waals surface area contributed by atoms with Gasteiger partial charge in [-0.05, 0) is 25.5 Å². The largest absolute Gasteiger partial charge is 0.486 e. The average Bonchev–Trinajstić information content (AvgIpc) is 2.47. The Bertz CT molecular complexity index is 453. The number of fused-ring (bicyclic) bond motifs is 1. The lowest BCUT2D eigenvalue weighted by atomic mass is 9.90. The van der Waals surface area contributed by atoms with Crippen LogP contribution in [0.15, 0.2) is 12.1 Å². The SMILES string of the molecule is O=Cc1ccc(C2CCCNC2)c2c1OCCO2. The predicted molar refractivity (Wildman–Crippen MR) is 67.7 cm³/mol. The molecule has 4 heteroatoms. The first kappa shape index (κ1) is 11.5. The summed E-state index contributed by atoms with van der Waals surface area (Å²) in [6.45, 7) is 3.13. The van der Waals surface area contributed by atoms with Crippen LogP contribution >= 0.6 is 0 Å². The summed E-state index contributed by atoms with van der Waals surface area (Å²) in [5.74, 6) is 1.86. The molecular weight excluding hydrogens is 230 g/mol. The molecule has 1 aromatic rings. The van der Waals surface area contributed by atoms with Crippen LogP contribution in [0.4, 0.5) is 0 Å². The van der Waals surface area contributed by atoms with E-state index in [0.29, 0.717) is 30.4 Å². The van der Waals surface area contributed by atoms with Gasteiger partial charge in [0.2, 0.25) is 0 Å². The Morgan fingerprint density at radius 3 is 2.78 bits per heavy atom. The van der Waals surface area contributed by atoms with Crippen LogP contribution in [0, 0.1) is 0 Å². The van der Waals surface area contributed by atoms with Crippen LogP contribution in [-0.4, -0.2) is 32.6 Å². The standard InChI is InChI=1S/C14H17NO3/c16-9-11-3-4-12(10-2-1-5-15-8-10)14-13(11)17-6-7-18-14/h3-4,9-10,15H,1-2,5-8H2. The first-order valence-electron chi connectivity index (χ1n) is 6.48. The van der Waals surface area contributed by atoms with Gasteiger partial charge in [-0.2, -0.15) is 0 Å². The summed E-state index contributed by atoms with van der Waals surface area (Å²) < 4.78 is 11.3. The minimum atomic E-state index is 0.454. The summed E-state index contributed by atoms with van der Waals surface area (Å²) in [5, 5.41) is 3.40. The molecule has 18 heavy (non-hydrogen) atoms. The molecule has 2 aliphatic rings. The fourth-order valence-electron chi connectivity index (χ4n) is 2.71. The molecule has 2 aliphatic heterocycles. The lowest BCUT2D eigenvalue weighted by molar-refractivity contribution is 0.111. The highest BCUT2D eigenvalue weighted by Crippen LogP contribution is 2.41. The van der Waals surface area contributed by atoms with E-state index < -0.39 is 0 Å². The third kappa shape index (κ3) is 1.97. The molecule has 4 nitrogen and oxygen atoms in total. The minimum Gasteiger partial charge on any atom is -0.486 e. The number of hydrogen-bond acceptors (Lipinski definition) is 4. The van der Waals surface area contributed by atoms with Crippen molar-refractivity contribution in [3.05, 3.63) is 23.3 Å². The van der Waals surface area contributed by atoms with Crippen molar-refractivity contribution in [3.63, 3.8) is 0 Å². The average molecular weight is 247 g/mol. The summed E-state index contributed by atoms with van der Waals surface area (Å²) >= 11 is 0. The van der Waals surface area contributed by atoms with Crippen molar-refractivity contribution < 1.29 is 14.3 Å². The molecule has 96 valence electrons. The number of carbonyl (C=O) groups excluding carboxylic acids is 1. The van der Waals surface area contributed by atoms with E-state index in [0.717, 1.165) is 31.5 Å². The van der Waals surface area contributed by atoms with Crippen molar-refractivity contribution in [1.82, 2.24) is 5.32 Å². The summed E-state index contributed by atoms with van der Waals surface area (Å²) in [5.41, 5.74) is 1.75. The summed E-state index contributed by atoms with van der Waals surface area (Å²) in [6, 6.07) is 3.85. The number of benzene rings is 1. The summed E-state index contributed by atoms with van der Waals surface area (Å²) in [6.07, 6.45) is 3.16. The second-order valence-corrected chi connectivity index (χ2v) is 4.76. The van der Waals surface area contributed by atoms with Crippen LogP contribution in [0.2, 0.25) is 0 Å². The van der Waals surface area contributed by atoms with E-state index in [2.05, 4.69) is 5.32 Å². The van der Waals surface area contributed by atoms with E-state index in [1.54, 1.807) is 0 Å². The van der Waals surface area contributed by atoms with Gasteiger partial charge < -0.3 is 14.8 Å². The van der Waals surface area contributed by atoms with E-state index in [9.17, 15) is 4.79 Å². The second-order valence-electron chi connectivity index (χ2n) is 4.76. The molecule has 3 rings (SSSR count). The van der Waals surface area contributed by atoms with E-state index in [-0.39, 0.29) is 0 Å². The third-order valence-electron chi connectivity index (χ3n) is 3.61. The van der Waals surface area contributed by atoms with Crippen LogP contribution in [0.1, 0.15) is 34.7 Å². The predicted octanol–water partition coefficient (Wildman–Crippen LogP) is 1.74. The normalized spacial score (nSPS) is 22.6. The van der Waals surface area contributed by atoms with Gasteiger partial charge in [-0.3, -0.25) is 4.79 Å². The first-order valence-corrected chi connectivity index (χ1v) is 6.48. The molecule has 0 aliphatic carbocycles. The zero-order valence-electron chi connectivity index (χ0n) is 10.3. The number of nitrogens with one attached hydrogen (secondary N) is 1. The van der Waals surface area contributed by atoms with E-state index in [1.807, 2.05) is 12.1 Å². The maximum absolute atomic E-state index is 11.0. The molecule has 0 aromatic heterocycles. The number of hydrogen-bond donors (Lipinski definition) is 1. The van der Waals surface area contributed by atoms with Crippen LogP contribution in [-0.2, 0) is 0 Å². The molecule has 0 bridgehead atoms. The van der Waals surface area contributed by atoms with E-state index >= 15 is 0 Å². The molecule has 1 atom stereocenters. The zero-order chi connectivity index (χ0) is 12.4. The molecule has 0 radical (unpaired) electrons. The van der Waals surface area contributed by atoms with Gasteiger partial charge >= 0.3 is 0 Å². The monoisotopic (exact) mass is 247 g/mol. The molecular formula is C14H17NO3. The summed E-state index contributed by atoms with van der Waals surface area (Å²) in [7, 11) is 0. The van der Waals surface area contributed by atoms with Gasteiger partial charge in [0, 0.05) is 18.0 Å². The first-order chi connectivity index (χ1) is 8.90. The van der Waals surface area contributed by atoms with Gasteiger partial charge in [0.15, 0.2) is 17.8 Å². The highest BCUT2D eigenvalue weighted by molar-refractivity contribution is 5.82. The maximum Gasteiger partial charge on any atom is 0.172 e. The smallest absolute Gasteiger partial charge is 0.172 e. The van der Waals surface area contributed by atoms with Gasteiger partial charge in [0.1, 0.15) is 13.2 Å². The molecule has 0 spiro atoms.